The quantitative estimate of drug-likeness (QED) is 0.841. The number of aryl methyl sites for hydroxylation is 1. The van der Waals surface area contributed by atoms with Gasteiger partial charge in [0.1, 0.15) is 12.2 Å². The number of methoxy groups -OCH3 is 1. The highest BCUT2D eigenvalue weighted by atomic mass is 79.9. The molecule has 106 valence electrons. The lowest BCUT2D eigenvalue weighted by Gasteiger charge is -2.22. The molecule has 2 aromatic rings. The second-order valence-corrected chi connectivity index (χ2v) is 6.41. The summed E-state index contributed by atoms with van der Waals surface area (Å²) in [7, 11) is 3.80. The molecule has 3 rings (SSSR count). The first-order valence-corrected chi connectivity index (χ1v) is 7.57. The van der Waals surface area contributed by atoms with E-state index in [1.807, 2.05) is 24.8 Å². The van der Waals surface area contributed by atoms with Crippen LogP contribution in [-0.4, -0.2) is 27.5 Å². The van der Waals surface area contributed by atoms with Gasteiger partial charge in [-0.15, -0.1) is 10.2 Å². The Bertz CT molecular complexity index is 607. The molecule has 0 bridgehead atoms. The Hall–Kier alpha value is -1.20. The number of rotatable bonds is 5. The minimum atomic E-state index is 0.0267. The molecule has 1 heterocycles. The molecule has 1 atom stereocenters. The molecule has 0 saturated heterocycles. The van der Waals surface area contributed by atoms with Crippen LogP contribution in [0.5, 0.6) is 0 Å². The SMILES string of the molecule is COC1(CC(c2cccc(Br)c2)c2nncn2C)CC1. The Morgan fingerprint density at radius 1 is 1.45 bits per heavy atom. The monoisotopic (exact) mass is 335 g/mol. The van der Waals surface area contributed by atoms with Crippen molar-refractivity contribution in [2.24, 2.45) is 7.05 Å². The topological polar surface area (TPSA) is 39.9 Å². The first-order chi connectivity index (χ1) is 9.63. The zero-order valence-electron chi connectivity index (χ0n) is 11.7. The van der Waals surface area contributed by atoms with Gasteiger partial charge in [0, 0.05) is 24.5 Å². The fourth-order valence-corrected chi connectivity index (χ4v) is 3.11. The fraction of sp³-hybridized carbons (Fsp3) is 0.467. The van der Waals surface area contributed by atoms with Crippen molar-refractivity contribution >= 4 is 15.9 Å². The first kappa shape index (κ1) is 13.8. The molecule has 1 aliphatic rings. The van der Waals surface area contributed by atoms with E-state index in [2.05, 4.69) is 44.3 Å². The molecule has 1 fully saturated rings. The van der Waals surface area contributed by atoms with Gasteiger partial charge in [-0.05, 0) is 37.0 Å². The average molecular weight is 336 g/mol. The maximum Gasteiger partial charge on any atom is 0.140 e. The van der Waals surface area contributed by atoms with E-state index >= 15 is 0 Å². The van der Waals surface area contributed by atoms with Gasteiger partial charge in [-0.2, -0.15) is 0 Å². The summed E-state index contributed by atoms with van der Waals surface area (Å²) in [5.41, 5.74) is 1.28. The van der Waals surface area contributed by atoms with Crippen LogP contribution < -0.4 is 0 Å². The van der Waals surface area contributed by atoms with Crippen LogP contribution in [0.3, 0.4) is 0 Å². The molecule has 1 aromatic carbocycles. The maximum absolute atomic E-state index is 5.70. The third-order valence-corrected chi connectivity index (χ3v) is 4.62. The van der Waals surface area contributed by atoms with Gasteiger partial charge in [0.15, 0.2) is 0 Å². The van der Waals surface area contributed by atoms with Gasteiger partial charge < -0.3 is 9.30 Å². The van der Waals surface area contributed by atoms with Crippen LogP contribution in [0.4, 0.5) is 0 Å². The molecular weight excluding hydrogens is 318 g/mol. The van der Waals surface area contributed by atoms with Crippen LogP contribution in [0, 0.1) is 0 Å². The summed E-state index contributed by atoms with van der Waals surface area (Å²) < 4.78 is 8.78. The predicted molar refractivity (Wildman–Crippen MR) is 80.6 cm³/mol. The molecule has 5 heteroatoms. The Balaban J connectivity index is 1.97. The number of benzene rings is 1. The van der Waals surface area contributed by atoms with Crippen molar-refractivity contribution < 1.29 is 4.74 Å². The number of aromatic nitrogens is 3. The lowest BCUT2D eigenvalue weighted by Crippen LogP contribution is -2.19. The average Bonchev–Trinajstić information content (AvgIpc) is 3.11. The molecule has 4 nitrogen and oxygen atoms in total. The van der Waals surface area contributed by atoms with Crippen molar-refractivity contribution in [3.8, 4) is 0 Å². The van der Waals surface area contributed by atoms with Crippen LogP contribution in [-0.2, 0) is 11.8 Å². The lowest BCUT2D eigenvalue weighted by molar-refractivity contribution is 0.0684. The molecule has 1 aliphatic carbocycles. The van der Waals surface area contributed by atoms with E-state index in [0.29, 0.717) is 0 Å². The summed E-state index contributed by atoms with van der Waals surface area (Å²) >= 11 is 3.55. The molecule has 1 aromatic heterocycles. The Kier molecular flexibility index (Phi) is 3.65. The van der Waals surface area contributed by atoms with Crippen molar-refractivity contribution in [3.63, 3.8) is 0 Å². The Morgan fingerprint density at radius 3 is 2.80 bits per heavy atom. The zero-order chi connectivity index (χ0) is 14.2. The molecule has 0 N–H and O–H groups in total. The number of hydrogen-bond acceptors (Lipinski definition) is 3. The van der Waals surface area contributed by atoms with Gasteiger partial charge in [0.05, 0.1) is 5.60 Å². The van der Waals surface area contributed by atoms with Crippen molar-refractivity contribution in [3.05, 3.63) is 46.5 Å². The van der Waals surface area contributed by atoms with E-state index < -0.39 is 0 Å². The lowest BCUT2D eigenvalue weighted by atomic mass is 9.91. The molecule has 0 spiro atoms. The summed E-state index contributed by atoms with van der Waals surface area (Å²) in [6, 6.07) is 8.41. The van der Waals surface area contributed by atoms with Crippen LogP contribution >= 0.6 is 15.9 Å². The highest BCUT2D eigenvalue weighted by Gasteiger charge is 2.45. The third-order valence-electron chi connectivity index (χ3n) is 4.13. The second kappa shape index (κ2) is 5.30. The molecule has 0 radical (unpaired) electrons. The van der Waals surface area contributed by atoms with Crippen molar-refractivity contribution in [2.75, 3.05) is 7.11 Å². The van der Waals surface area contributed by atoms with Crippen LogP contribution in [0.2, 0.25) is 0 Å². The summed E-state index contributed by atoms with van der Waals surface area (Å²) in [4.78, 5) is 0. The summed E-state index contributed by atoms with van der Waals surface area (Å²) in [5.74, 6) is 1.20. The number of ether oxygens (including phenoxy) is 1. The van der Waals surface area contributed by atoms with E-state index in [9.17, 15) is 0 Å². The smallest absolute Gasteiger partial charge is 0.140 e. The number of nitrogens with zero attached hydrogens (tertiary/aromatic N) is 3. The molecule has 1 saturated carbocycles. The van der Waals surface area contributed by atoms with Crippen molar-refractivity contribution in [1.82, 2.24) is 14.8 Å². The summed E-state index contributed by atoms with van der Waals surface area (Å²) in [5, 5.41) is 8.34. The second-order valence-electron chi connectivity index (χ2n) is 5.50. The van der Waals surface area contributed by atoms with E-state index in [1.165, 1.54) is 5.56 Å². The standard InChI is InChI=1S/C15H18BrN3O/c1-19-10-17-18-14(19)13(9-15(20-2)6-7-15)11-4-3-5-12(16)8-11/h3-5,8,10,13H,6-7,9H2,1-2H3. The number of hydrogen-bond donors (Lipinski definition) is 0. The van der Waals surface area contributed by atoms with E-state index in [4.69, 9.17) is 4.74 Å². The van der Waals surface area contributed by atoms with Gasteiger partial charge in [-0.25, -0.2) is 0 Å². The van der Waals surface area contributed by atoms with Gasteiger partial charge in [0.25, 0.3) is 0 Å². The molecule has 1 unspecified atom stereocenters. The Morgan fingerprint density at radius 2 is 2.25 bits per heavy atom. The molecule has 20 heavy (non-hydrogen) atoms. The fourth-order valence-electron chi connectivity index (χ4n) is 2.69. The van der Waals surface area contributed by atoms with Crippen LogP contribution in [0.1, 0.15) is 36.6 Å². The van der Waals surface area contributed by atoms with Gasteiger partial charge in [-0.3, -0.25) is 0 Å². The molecular formula is C15H18BrN3O. The van der Waals surface area contributed by atoms with E-state index in [0.717, 1.165) is 29.6 Å². The summed E-state index contributed by atoms with van der Waals surface area (Å²) in [6.07, 6.45) is 4.97. The Labute approximate surface area is 127 Å². The largest absolute Gasteiger partial charge is 0.378 e. The minimum absolute atomic E-state index is 0.0267. The van der Waals surface area contributed by atoms with Crippen LogP contribution in [0.25, 0.3) is 0 Å². The third kappa shape index (κ3) is 2.65. The molecule has 0 aliphatic heterocycles. The van der Waals surface area contributed by atoms with Gasteiger partial charge >= 0.3 is 0 Å². The highest BCUT2D eigenvalue weighted by molar-refractivity contribution is 9.10. The predicted octanol–water partition coefficient (Wildman–Crippen LogP) is 3.28. The van der Waals surface area contributed by atoms with Gasteiger partial charge in [-0.1, -0.05) is 28.1 Å². The minimum Gasteiger partial charge on any atom is -0.378 e. The number of halogens is 1. The van der Waals surface area contributed by atoms with Crippen molar-refractivity contribution in [1.29, 1.82) is 0 Å². The normalized spacial score (nSPS) is 17.9. The highest BCUT2D eigenvalue weighted by Crippen LogP contribution is 2.47. The van der Waals surface area contributed by atoms with Gasteiger partial charge in [0.2, 0.25) is 0 Å². The maximum atomic E-state index is 5.70. The zero-order valence-corrected chi connectivity index (χ0v) is 13.3. The summed E-state index contributed by atoms with van der Waals surface area (Å²) in [6.45, 7) is 0. The van der Waals surface area contributed by atoms with E-state index in [1.54, 1.807) is 6.33 Å². The first-order valence-electron chi connectivity index (χ1n) is 6.78. The van der Waals surface area contributed by atoms with Crippen molar-refractivity contribution in [2.45, 2.75) is 30.8 Å². The van der Waals surface area contributed by atoms with E-state index in [-0.39, 0.29) is 11.5 Å². The van der Waals surface area contributed by atoms with Crippen LogP contribution in [0.15, 0.2) is 35.1 Å². The molecule has 0 amide bonds.